The second kappa shape index (κ2) is 5.91. The normalized spacial score (nSPS) is 14.2. The van der Waals surface area contributed by atoms with Crippen molar-refractivity contribution in [3.05, 3.63) is 18.9 Å². The molecule has 0 saturated heterocycles. The van der Waals surface area contributed by atoms with E-state index < -0.39 is 0 Å². The van der Waals surface area contributed by atoms with Gasteiger partial charge in [-0.3, -0.25) is 0 Å². The zero-order chi connectivity index (χ0) is 7.28. The van der Waals surface area contributed by atoms with E-state index in [-0.39, 0.29) is 15.0 Å². The van der Waals surface area contributed by atoms with E-state index in [4.69, 9.17) is 46.4 Å². The molecule has 0 atom stereocenters. The molecule has 0 N–H and O–H groups in total. The molecule has 0 aromatic rings. The van der Waals surface area contributed by atoms with Gasteiger partial charge >= 0.3 is 80.3 Å². The summed E-state index contributed by atoms with van der Waals surface area (Å²) in [6.45, 7) is 0. The van der Waals surface area contributed by atoms with Crippen molar-refractivity contribution >= 4 is 61.4 Å². The Balaban J connectivity index is 3.75. The molecule has 0 aromatic carbocycles. The van der Waals surface area contributed by atoms with E-state index in [0.717, 1.165) is 0 Å². The maximum atomic E-state index is 5.51. The number of hydrogen-bond acceptors (Lipinski definition) is 0. The third-order valence-electron chi connectivity index (χ3n) is 0.367. The van der Waals surface area contributed by atoms with Crippen LogP contribution in [-0.2, 0) is 0 Å². The van der Waals surface area contributed by atoms with E-state index in [1.807, 2.05) is 0 Å². The van der Waals surface area contributed by atoms with Crippen LogP contribution >= 0.6 is 46.4 Å². The first-order chi connectivity index (χ1) is 4.20. The fourth-order valence-electron chi connectivity index (χ4n) is 0.138. The van der Waals surface area contributed by atoms with Crippen molar-refractivity contribution in [2.24, 2.45) is 0 Å². The molecule has 0 aromatic heterocycles. The van der Waals surface area contributed by atoms with Crippen LogP contribution in [0.2, 0.25) is 0 Å². The molecule has 0 nitrogen and oxygen atoms in total. The van der Waals surface area contributed by atoms with E-state index in [1.54, 1.807) is 0 Å². The quantitative estimate of drug-likeness (QED) is 0.676. The molecule has 0 rings (SSSR count). The van der Waals surface area contributed by atoms with E-state index in [2.05, 4.69) is 0 Å². The summed E-state index contributed by atoms with van der Waals surface area (Å²) in [5.74, 6) is 0. The first kappa shape index (κ1) is 10.2. The van der Waals surface area contributed by atoms with E-state index in [9.17, 15) is 0 Å². The summed E-state index contributed by atoms with van der Waals surface area (Å²) < 4.78 is 1.07. The summed E-state index contributed by atoms with van der Waals surface area (Å²) in [4.78, 5) is 0. The molecule has 0 spiro atoms. The van der Waals surface area contributed by atoms with Crippen LogP contribution in [-0.4, -0.2) is 15.0 Å². The molecule has 52 valence electrons. The minimum atomic E-state index is -0.118. The Bertz CT molecular complexity index is 124. The van der Waals surface area contributed by atoms with Crippen LogP contribution in [0.25, 0.3) is 0 Å². The molecule has 0 bridgehead atoms. The van der Waals surface area contributed by atoms with Crippen molar-refractivity contribution in [3.8, 4) is 0 Å². The second-order valence-electron chi connectivity index (χ2n) is 0.929. The first-order valence-corrected chi connectivity index (χ1v) is 5.14. The van der Waals surface area contributed by atoms with Gasteiger partial charge in [0.15, 0.2) is 0 Å². The second-order valence-corrected chi connectivity index (χ2v) is 5.47. The van der Waals surface area contributed by atoms with Gasteiger partial charge in [0, 0.05) is 0 Å². The first-order valence-electron chi connectivity index (χ1n) is 1.80. The predicted octanol–water partition coefficient (Wildman–Crippen LogP) is 3.24. The van der Waals surface area contributed by atoms with E-state index >= 15 is 0 Å². The fourth-order valence-corrected chi connectivity index (χ4v) is 2.25. The van der Waals surface area contributed by atoms with Crippen molar-refractivity contribution in [2.45, 2.75) is 0 Å². The summed E-state index contributed by atoms with van der Waals surface area (Å²) in [5, 5.41) is 0. The standard InChI is InChI=1S/C4H2Cl4Se/c5-1-3(7)9-4(8)2-6/h1-2H. The Kier molecular flexibility index (Phi) is 6.67. The monoisotopic (exact) mass is 270 g/mol. The molecule has 0 unspecified atom stereocenters. The molecular formula is C4H2Cl4Se. The number of hydrogen-bond donors (Lipinski definition) is 0. The van der Waals surface area contributed by atoms with Gasteiger partial charge in [0.25, 0.3) is 0 Å². The molecular weight excluding hydrogens is 269 g/mol. The van der Waals surface area contributed by atoms with Crippen molar-refractivity contribution in [3.63, 3.8) is 0 Å². The van der Waals surface area contributed by atoms with Crippen LogP contribution in [0.1, 0.15) is 0 Å². The Morgan fingerprint density at radius 1 is 1.00 bits per heavy atom. The third-order valence-corrected chi connectivity index (χ3v) is 3.95. The molecule has 0 radical (unpaired) electrons. The Labute approximate surface area is 79.9 Å². The van der Waals surface area contributed by atoms with Crippen LogP contribution in [0.15, 0.2) is 18.9 Å². The average Bonchev–Trinajstić information content (AvgIpc) is 1.87. The molecule has 0 saturated carbocycles. The molecule has 0 fully saturated rings. The Morgan fingerprint density at radius 2 is 1.33 bits per heavy atom. The third kappa shape index (κ3) is 5.60. The summed E-state index contributed by atoms with van der Waals surface area (Å²) in [5.41, 5.74) is 2.56. The maximum absolute atomic E-state index is 5.51. The van der Waals surface area contributed by atoms with Crippen LogP contribution < -0.4 is 0 Å². The summed E-state index contributed by atoms with van der Waals surface area (Å²) in [7, 11) is 0. The van der Waals surface area contributed by atoms with Crippen LogP contribution in [0.5, 0.6) is 0 Å². The van der Waals surface area contributed by atoms with Gasteiger partial charge in [-0.05, 0) is 0 Å². The molecule has 0 aliphatic heterocycles. The Morgan fingerprint density at radius 3 is 1.56 bits per heavy atom. The van der Waals surface area contributed by atoms with Crippen LogP contribution in [0.3, 0.4) is 0 Å². The van der Waals surface area contributed by atoms with E-state index in [0.29, 0.717) is 7.86 Å². The van der Waals surface area contributed by atoms with Gasteiger partial charge in [0.05, 0.1) is 0 Å². The fraction of sp³-hybridized carbons (Fsp3) is 0. The van der Waals surface area contributed by atoms with Crippen molar-refractivity contribution in [1.29, 1.82) is 0 Å². The zero-order valence-corrected chi connectivity index (χ0v) is 8.81. The topological polar surface area (TPSA) is 0 Å². The van der Waals surface area contributed by atoms with Gasteiger partial charge in [0.1, 0.15) is 0 Å². The number of rotatable bonds is 2. The molecule has 0 amide bonds. The SMILES string of the molecule is ClC=C(Cl)[Se]C(Cl)=CCl. The van der Waals surface area contributed by atoms with Crippen LogP contribution in [0.4, 0.5) is 0 Å². The van der Waals surface area contributed by atoms with Gasteiger partial charge < -0.3 is 0 Å². The van der Waals surface area contributed by atoms with Crippen molar-refractivity contribution in [1.82, 2.24) is 0 Å². The van der Waals surface area contributed by atoms with E-state index in [1.165, 1.54) is 11.1 Å². The minimum absolute atomic E-state index is 0.118. The summed E-state index contributed by atoms with van der Waals surface area (Å²) in [6.07, 6.45) is 0. The molecule has 0 aliphatic carbocycles. The predicted molar refractivity (Wildman–Crippen MR) is 45.3 cm³/mol. The van der Waals surface area contributed by atoms with Crippen LogP contribution in [0, 0.1) is 0 Å². The summed E-state index contributed by atoms with van der Waals surface area (Å²) in [6, 6.07) is 0. The van der Waals surface area contributed by atoms with Gasteiger partial charge in [-0.15, -0.1) is 0 Å². The van der Waals surface area contributed by atoms with Gasteiger partial charge in [0.2, 0.25) is 0 Å². The molecule has 0 aliphatic rings. The van der Waals surface area contributed by atoms with Gasteiger partial charge in [-0.2, -0.15) is 0 Å². The van der Waals surface area contributed by atoms with Crippen molar-refractivity contribution < 1.29 is 0 Å². The molecule has 0 heterocycles. The van der Waals surface area contributed by atoms with Gasteiger partial charge in [-0.1, -0.05) is 0 Å². The zero-order valence-electron chi connectivity index (χ0n) is 4.07. The Hall–Kier alpha value is 1.16. The summed E-state index contributed by atoms with van der Waals surface area (Å²) >= 11 is 21.4. The molecule has 9 heavy (non-hydrogen) atoms. The number of halogens is 4. The van der Waals surface area contributed by atoms with Gasteiger partial charge in [-0.25, -0.2) is 0 Å². The average molecular weight is 271 g/mol. The van der Waals surface area contributed by atoms with Crippen molar-refractivity contribution in [2.75, 3.05) is 0 Å². The molecule has 5 heteroatoms.